The molecular formula is C15H11BrS2. The van der Waals surface area contributed by atoms with Gasteiger partial charge in [0.25, 0.3) is 0 Å². The van der Waals surface area contributed by atoms with E-state index in [1.807, 2.05) is 11.8 Å². The van der Waals surface area contributed by atoms with E-state index in [1.54, 1.807) is 11.3 Å². The Balaban J connectivity index is 1.78. The normalized spacial score (nSPS) is 10.9. The van der Waals surface area contributed by atoms with Crippen molar-refractivity contribution in [2.45, 2.75) is 10.6 Å². The van der Waals surface area contributed by atoms with Crippen LogP contribution >= 0.6 is 39.0 Å². The van der Waals surface area contributed by atoms with Crippen molar-refractivity contribution in [3.8, 4) is 0 Å². The monoisotopic (exact) mass is 334 g/mol. The molecule has 1 heterocycles. The summed E-state index contributed by atoms with van der Waals surface area (Å²) in [4.78, 5) is 2.73. The van der Waals surface area contributed by atoms with Gasteiger partial charge in [-0.05, 0) is 51.0 Å². The quantitative estimate of drug-likeness (QED) is 0.533. The minimum atomic E-state index is 1.04. The van der Waals surface area contributed by atoms with Crippen LogP contribution in [-0.4, -0.2) is 0 Å². The van der Waals surface area contributed by atoms with Crippen LogP contribution in [-0.2, 0) is 5.75 Å². The van der Waals surface area contributed by atoms with Gasteiger partial charge in [-0.25, -0.2) is 0 Å². The third-order valence-corrected chi connectivity index (χ3v) is 5.58. The van der Waals surface area contributed by atoms with E-state index in [-0.39, 0.29) is 0 Å². The fraction of sp³-hybridized carbons (Fsp3) is 0.0667. The van der Waals surface area contributed by atoms with Crippen molar-refractivity contribution in [2.24, 2.45) is 0 Å². The van der Waals surface area contributed by atoms with Crippen LogP contribution in [0.3, 0.4) is 0 Å². The first kappa shape index (κ1) is 12.3. The predicted molar refractivity (Wildman–Crippen MR) is 85.5 cm³/mol. The second-order valence-corrected chi connectivity index (χ2v) is 7.60. The maximum atomic E-state index is 3.50. The molecule has 18 heavy (non-hydrogen) atoms. The van der Waals surface area contributed by atoms with Crippen molar-refractivity contribution < 1.29 is 0 Å². The van der Waals surface area contributed by atoms with Crippen LogP contribution in [0.4, 0.5) is 0 Å². The molecule has 3 aromatic rings. The Morgan fingerprint density at radius 2 is 1.78 bits per heavy atom. The van der Waals surface area contributed by atoms with Gasteiger partial charge in [-0.15, -0.1) is 23.1 Å². The van der Waals surface area contributed by atoms with Gasteiger partial charge in [0.05, 0.1) is 3.79 Å². The molecule has 0 fully saturated rings. The van der Waals surface area contributed by atoms with Gasteiger partial charge in [-0.3, -0.25) is 0 Å². The smallest absolute Gasteiger partial charge is 0.0701 e. The molecule has 0 saturated carbocycles. The lowest BCUT2D eigenvalue weighted by molar-refractivity contribution is 1.46. The lowest BCUT2D eigenvalue weighted by atomic mass is 10.1. The molecule has 0 aliphatic rings. The molecule has 3 heteroatoms. The van der Waals surface area contributed by atoms with E-state index < -0.39 is 0 Å². The SMILES string of the molecule is Brc1ccc(CSc2ccc3ccccc3c2)s1. The maximum absolute atomic E-state index is 3.50. The number of rotatable bonds is 3. The summed E-state index contributed by atoms with van der Waals surface area (Å²) in [5, 5.41) is 2.62. The fourth-order valence-corrected chi connectivity index (χ4v) is 4.31. The first-order valence-electron chi connectivity index (χ1n) is 5.67. The first-order chi connectivity index (χ1) is 8.81. The van der Waals surface area contributed by atoms with Crippen LogP contribution < -0.4 is 0 Å². The second-order valence-electron chi connectivity index (χ2n) is 4.00. The van der Waals surface area contributed by atoms with Crippen molar-refractivity contribution in [1.29, 1.82) is 0 Å². The maximum Gasteiger partial charge on any atom is 0.0701 e. The molecule has 90 valence electrons. The minimum absolute atomic E-state index is 1.04. The Kier molecular flexibility index (Phi) is 3.73. The van der Waals surface area contributed by atoms with Crippen LogP contribution in [0.1, 0.15) is 4.88 Å². The Bertz CT molecular complexity index is 673. The Morgan fingerprint density at radius 1 is 0.944 bits per heavy atom. The van der Waals surface area contributed by atoms with Crippen LogP contribution in [0.15, 0.2) is 63.3 Å². The summed E-state index contributed by atoms with van der Waals surface area (Å²) in [6.45, 7) is 0. The average molecular weight is 335 g/mol. The summed E-state index contributed by atoms with van der Waals surface area (Å²) in [5.74, 6) is 1.04. The number of thiophene rings is 1. The molecule has 0 amide bonds. The van der Waals surface area contributed by atoms with E-state index in [0.29, 0.717) is 0 Å². The Labute approximate surface area is 123 Å². The van der Waals surface area contributed by atoms with Gasteiger partial charge in [0.15, 0.2) is 0 Å². The number of thioether (sulfide) groups is 1. The third-order valence-electron chi connectivity index (χ3n) is 2.73. The Morgan fingerprint density at radius 3 is 2.56 bits per heavy atom. The Hall–Kier alpha value is -0.770. The first-order valence-corrected chi connectivity index (χ1v) is 8.26. The van der Waals surface area contributed by atoms with Crippen LogP contribution in [0.2, 0.25) is 0 Å². The number of halogens is 1. The van der Waals surface area contributed by atoms with E-state index in [4.69, 9.17) is 0 Å². The summed E-state index contributed by atoms with van der Waals surface area (Å²) in [6.07, 6.45) is 0. The van der Waals surface area contributed by atoms with E-state index >= 15 is 0 Å². The molecule has 0 radical (unpaired) electrons. The molecule has 0 atom stereocenters. The highest BCUT2D eigenvalue weighted by Crippen LogP contribution is 2.30. The predicted octanol–water partition coefficient (Wildman–Crippen LogP) is 5.96. The molecule has 1 aromatic heterocycles. The molecular weight excluding hydrogens is 324 g/mol. The standard InChI is InChI=1S/C15H11BrS2/c16-15-8-7-14(18-15)10-17-13-6-5-11-3-1-2-4-12(11)9-13/h1-9H,10H2. The van der Waals surface area contributed by atoms with Crippen LogP contribution in [0.5, 0.6) is 0 Å². The van der Waals surface area contributed by atoms with Gasteiger partial charge in [-0.2, -0.15) is 0 Å². The van der Waals surface area contributed by atoms with E-state index in [0.717, 1.165) is 5.75 Å². The fourth-order valence-electron chi connectivity index (χ4n) is 1.84. The number of benzene rings is 2. The topological polar surface area (TPSA) is 0 Å². The molecule has 0 N–H and O–H groups in total. The second kappa shape index (κ2) is 5.47. The zero-order valence-corrected chi connectivity index (χ0v) is 12.8. The highest BCUT2D eigenvalue weighted by Gasteiger charge is 2.00. The number of fused-ring (bicyclic) bond motifs is 1. The lowest BCUT2D eigenvalue weighted by Crippen LogP contribution is -1.76. The van der Waals surface area contributed by atoms with E-state index in [9.17, 15) is 0 Å². The molecule has 0 unspecified atom stereocenters. The summed E-state index contributed by atoms with van der Waals surface area (Å²) >= 11 is 7.20. The summed E-state index contributed by atoms with van der Waals surface area (Å²) in [7, 11) is 0. The van der Waals surface area contributed by atoms with E-state index in [1.165, 1.54) is 24.3 Å². The van der Waals surface area contributed by atoms with Crippen molar-refractivity contribution in [2.75, 3.05) is 0 Å². The summed E-state index contributed by atoms with van der Waals surface area (Å²) in [6, 6.07) is 19.5. The van der Waals surface area contributed by atoms with Gasteiger partial charge < -0.3 is 0 Å². The average Bonchev–Trinajstić information content (AvgIpc) is 2.82. The minimum Gasteiger partial charge on any atom is -0.132 e. The summed E-state index contributed by atoms with van der Waals surface area (Å²) < 4.78 is 1.21. The van der Waals surface area contributed by atoms with Gasteiger partial charge in [0.1, 0.15) is 0 Å². The van der Waals surface area contributed by atoms with Crippen LogP contribution in [0.25, 0.3) is 10.8 Å². The highest BCUT2D eigenvalue weighted by molar-refractivity contribution is 9.11. The largest absolute Gasteiger partial charge is 0.132 e. The highest BCUT2D eigenvalue weighted by atomic mass is 79.9. The molecule has 0 spiro atoms. The molecule has 0 bridgehead atoms. The molecule has 3 rings (SSSR count). The van der Waals surface area contributed by atoms with E-state index in [2.05, 4.69) is 70.5 Å². The molecule has 2 aromatic carbocycles. The number of hydrogen-bond donors (Lipinski definition) is 0. The van der Waals surface area contributed by atoms with Crippen molar-refractivity contribution in [3.63, 3.8) is 0 Å². The van der Waals surface area contributed by atoms with Gasteiger partial charge in [0, 0.05) is 15.5 Å². The van der Waals surface area contributed by atoms with Crippen molar-refractivity contribution in [3.05, 3.63) is 63.3 Å². The molecule has 0 aliphatic carbocycles. The zero-order chi connectivity index (χ0) is 12.4. The lowest BCUT2D eigenvalue weighted by Gasteiger charge is -2.02. The molecule has 0 saturated heterocycles. The third kappa shape index (κ3) is 2.79. The van der Waals surface area contributed by atoms with Gasteiger partial charge in [-0.1, -0.05) is 30.3 Å². The van der Waals surface area contributed by atoms with Gasteiger partial charge in [0.2, 0.25) is 0 Å². The molecule has 0 aliphatic heterocycles. The summed E-state index contributed by atoms with van der Waals surface area (Å²) in [5.41, 5.74) is 0. The molecule has 0 nitrogen and oxygen atoms in total. The zero-order valence-electron chi connectivity index (χ0n) is 9.60. The van der Waals surface area contributed by atoms with Crippen molar-refractivity contribution >= 4 is 49.8 Å². The van der Waals surface area contributed by atoms with Crippen LogP contribution in [0, 0.1) is 0 Å². The number of hydrogen-bond acceptors (Lipinski definition) is 2. The van der Waals surface area contributed by atoms with Gasteiger partial charge >= 0.3 is 0 Å². The van der Waals surface area contributed by atoms with Crippen molar-refractivity contribution in [1.82, 2.24) is 0 Å².